The Morgan fingerprint density at radius 1 is 1.11 bits per heavy atom. The highest BCUT2D eigenvalue weighted by Gasteiger charge is 2.36. The lowest BCUT2D eigenvalue weighted by Gasteiger charge is -2.36. The Morgan fingerprint density at radius 3 is 2.56 bits per heavy atom. The molecule has 10 nitrogen and oxygen atoms in total. The highest BCUT2D eigenvalue weighted by Crippen LogP contribution is 2.28. The van der Waals surface area contributed by atoms with Crippen LogP contribution in [-0.2, 0) is 14.3 Å². The fraction of sp³-hybridized carbons (Fsp3) is 0.423. The van der Waals surface area contributed by atoms with E-state index in [1.54, 1.807) is 19.1 Å². The Bertz CT molecular complexity index is 1140. The molecule has 3 N–H and O–H groups in total. The van der Waals surface area contributed by atoms with E-state index in [0.29, 0.717) is 56.3 Å². The van der Waals surface area contributed by atoms with E-state index >= 15 is 0 Å². The van der Waals surface area contributed by atoms with Gasteiger partial charge >= 0.3 is 12.0 Å². The normalized spacial score (nSPS) is 19.0. The molecule has 1 atom stereocenters. The second kappa shape index (κ2) is 11.4. The maximum atomic E-state index is 12.8. The van der Waals surface area contributed by atoms with Crippen LogP contribution in [-0.4, -0.2) is 73.6 Å². The minimum Gasteiger partial charge on any atom is -0.467 e. The number of urea groups is 1. The summed E-state index contributed by atoms with van der Waals surface area (Å²) in [5.74, 6) is -0.0791. The number of aryl methyl sites for hydroxylation is 1. The first-order valence-corrected chi connectivity index (χ1v) is 12.2. The number of benzene rings is 1. The number of hydrogen-bond donors (Lipinski definition) is 3. The molecule has 2 aromatic rings. The Morgan fingerprint density at radius 2 is 1.86 bits per heavy atom. The highest BCUT2D eigenvalue weighted by molar-refractivity contribution is 5.95. The van der Waals surface area contributed by atoms with Gasteiger partial charge in [-0.3, -0.25) is 14.6 Å². The van der Waals surface area contributed by atoms with Crippen LogP contribution in [0.5, 0.6) is 0 Å². The molecular formula is C26H33N5O5. The molecule has 1 aromatic heterocycles. The smallest absolute Gasteiger partial charge is 0.338 e. The van der Waals surface area contributed by atoms with Gasteiger partial charge in [-0.25, -0.2) is 9.59 Å². The van der Waals surface area contributed by atoms with Crippen LogP contribution in [0.15, 0.2) is 52.3 Å². The predicted molar refractivity (Wildman–Crippen MR) is 134 cm³/mol. The number of rotatable bonds is 8. The van der Waals surface area contributed by atoms with E-state index in [9.17, 15) is 14.4 Å². The fourth-order valence-electron chi connectivity index (χ4n) is 4.47. The van der Waals surface area contributed by atoms with Crippen molar-refractivity contribution in [2.75, 3.05) is 51.2 Å². The zero-order valence-electron chi connectivity index (χ0n) is 20.9. The average Bonchev–Trinajstić information content (AvgIpc) is 3.38. The molecular weight excluding hydrogens is 462 g/mol. The number of amides is 3. The largest absolute Gasteiger partial charge is 0.467 e. The minimum absolute atomic E-state index is 0.0450. The van der Waals surface area contributed by atoms with E-state index in [-0.39, 0.29) is 12.5 Å². The van der Waals surface area contributed by atoms with Gasteiger partial charge in [0.15, 0.2) is 0 Å². The van der Waals surface area contributed by atoms with Crippen molar-refractivity contribution in [3.8, 4) is 0 Å². The molecule has 0 aliphatic carbocycles. The first kappa shape index (κ1) is 25.5. The van der Waals surface area contributed by atoms with Gasteiger partial charge in [0.05, 0.1) is 25.0 Å². The van der Waals surface area contributed by atoms with Crippen LogP contribution in [0.25, 0.3) is 0 Å². The van der Waals surface area contributed by atoms with Gasteiger partial charge in [-0.05, 0) is 50.1 Å². The minimum atomic E-state index is -0.724. The molecule has 3 heterocycles. The number of nitrogens with one attached hydrogen (secondary N) is 3. The van der Waals surface area contributed by atoms with Crippen LogP contribution < -0.4 is 16.0 Å². The molecule has 3 amide bonds. The van der Waals surface area contributed by atoms with Gasteiger partial charge in [-0.1, -0.05) is 12.1 Å². The van der Waals surface area contributed by atoms with Crippen molar-refractivity contribution in [2.24, 2.45) is 0 Å². The summed E-state index contributed by atoms with van der Waals surface area (Å²) in [5, 5.41) is 8.56. The molecule has 10 heteroatoms. The summed E-state index contributed by atoms with van der Waals surface area (Å²) >= 11 is 0. The fourth-order valence-corrected chi connectivity index (χ4v) is 4.47. The maximum absolute atomic E-state index is 12.8. The Balaban J connectivity index is 1.39. The summed E-state index contributed by atoms with van der Waals surface area (Å²) in [4.78, 5) is 42.1. The maximum Gasteiger partial charge on any atom is 0.338 e. The molecule has 2 aliphatic heterocycles. The molecule has 1 unspecified atom stereocenters. The Kier molecular flexibility index (Phi) is 8.07. The van der Waals surface area contributed by atoms with Crippen LogP contribution in [0, 0.1) is 13.8 Å². The molecule has 36 heavy (non-hydrogen) atoms. The highest BCUT2D eigenvalue weighted by atomic mass is 16.5. The topological polar surface area (TPSA) is 116 Å². The first-order chi connectivity index (χ1) is 17.4. The molecule has 1 aromatic carbocycles. The van der Waals surface area contributed by atoms with Crippen LogP contribution >= 0.6 is 0 Å². The van der Waals surface area contributed by atoms with Gasteiger partial charge in [-0.2, -0.15) is 0 Å². The van der Waals surface area contributed by atoms with Crippen LogP contribution in [0.1, 0.15) is 29.9 Å². The first-order valence-electron chi connectivity index (χ1n) is 12.2. The van der Waals surface area contributed by atoms with Crippen molar-refractivity contribution in [3.63, 3.8) is 0 Å². The molecule has 1 saturated heterocycles. The van der Waals surface area contributed by atoms with E-state index < -0.39 is 18.0 Å². The van der Waals surface area contributed by atoms with Crippen molar-refractivity contribution < 1.29 is 23.5 Å². The monoisotopic (exact) mass is 495 g/mol. The number of piperazine rings is 1. The number of anilines is 1. The molecule has 0 saturated carbocycles. The molecule has 1 fully saturated rings. The van der Waals surface area contributed by atoms with Gasteiger partial charge in [0.2, 0.25) is 5.91 Å². The predicted octanol–water partition coefficient (Wildman–Crippen LogP) is 2.32. The molecule has 0 radical (unpaired) electrons. The van der Waals surface area contributed by atoms with E-state index in [4.69, 9.17) is 9.15 Å². The number of ether oxygens (including phenoxy) is 1. The number of carbonyl (C=O) groups is 3. The summed E-state index contributed by atoms with van der Waals surface area (Å²) in [6, 6.07) is 8.17. The number of hydrogen-bond acceptors (Lipinski definition) is 7. The summed E-state index contributed by atoms with van der Waals surface area (Å²) in [6.07, 6.45) is 1.50. The van der Waals surface area contributed by atoms with Crippen LogP contribution in [0.4, 0.5) is 10.5 Å². The van der Waals surface area contributed by atoms with Gasteiger partial charge < -0.3 is 25.1 Å². The number of furan rings is 1. The van der Waals surface area contributed by atoms with Crippen molar-refractivity contribution in [3.05, 3.63) is 64.8 Å². The summed E-state index contributed by atoms with van der Waals surface area (Å²) < 4.78 is 10.8. The molecule has 192 valence electrons. The summed E-state index contributed by atoms with van der Waals surface area (Å²) in [6.45, 7) is 9.41. The SMILES string of the molecule is CCOC(=O)C1=C(CN2CCN(CC(=O)Nc3cccc(C)c3C)CC2)NC(=O)NC1c1ccco1. The third-order valence-corrected chi connectivity index (χ3v) is 6.57. The van der Waals surface area contributed by atoms with Crippen molar-refractivity contribution in [1.82, 2.24) is 20.4 Å². The van der Waals surface area contributed by atoms with E-state index in [1.165, 1.54) is 6.26 Å². The standard InChI is InChI=1S/C26H33N5O5/c1-4-35-25(33)23-20(28-26(34)29-24(23)21-9-6-14-36-21)15-30-10-12-31(13-11-30)16-22(32)27-19-8-5-7-17(2)18(19)3/h5-9,14,24H,4,10-13,15-16H2,1-3H3,(H,27,32)(H2,28,29,34). The van der Waals surface area contributed by atoms with E-state index in [0.717, 1.165) is 16.8 Å². The number of nitrogens with zero attached hydrogens (tertiary/aromatic N) is 2. The molecule has 0 bridgehead atoms. The summed E-state index contributed by atoms with van der Waals surface area (Å²) in [5.41, 5.74) is 3.88. The lowest BCUT2D eigenvalue weighted by Crippen LogP contribution is -2.52. The van der Waals surface area contributed by atoms with Crippen LogP contribution in [0.2, 0.25) is 0 Å². The van der Waals surface area contributed by atoms with Crippen molar-refractivity contribution >= 4 is 23.6 Å². The zero-order valence-corrected chi connectivity index (χ0v) is 20.9. The van der Waals surface area contributed by atoms with Gasteiger partial charge in [0, 0.05) is 44.1 Å². The Labute approximate surface area is 210 Å². The van der Waals surface area contributed by atoms with Crippen LogP contribution in [0.3, 0.4) is 0 Å². The zero-order chi connectivity index (χ0) is 25.7. The summed E-state index contributed by atoms with van der Waals surface area (Å²) in [7, 11) is 0. The second-order valence-corrected chi connectivity index (χ2v) is 9.01. The van der Waals surface area contributed by atoms with E-state index in [1.807, 2.05) is 32.0 Å². The average molecular weight is 496 g/mol. The number of carbonyl (C=O) groups excluding carboxylic acids is 3. The Hall–Kier alpha value is -3.63. The second-order valence-electron chi connectivity index (χ2n) is 9.01. The lowest BCUT2D eigenvalue weighted by atomic mass is 9.99. The number of esters is 1. The van der Waals surface area contributed by atoms with Gasteiger partial charge in [0.25, 0.3) is 0 Å². The van der Waals surface area contributed by atoms with Gasteiger partial charge in [-0.15, -0.1) is 0 Å². The quantitative estimate of drug-likeness (QED) is 0.482. The van der Waals surface area contributed by atoms with Gasteiger partial charge in [0.1, 0.15) is 11.8 Å². The lowest BCUT2D eigenvalue weighted by molar-refractivity contribution is -0.139. The molecule has 4 rings (SSSR count). The third-order valence-electron chi connectivity index (χ3n) is 6.57. The third kappa shape index (κ3) is 5.95. The van der Waals surface area contributed by atoms with E-state index in [2.05, 4.69) is 25.8 Å². The molecule has 0 spiro atoms. The van der Waals surface area contributed by atoms with Crippen molar-refractivity contribution in [2.45, 2.75) is 26.8 Å². The van der Waals surface area contributed by atoms with Crippen molar-refractivity contribution in [1.29, 1.82) is 0 Å². The molecule has 2 aliphatic rings.